The van der Waals surface area contributed by atoms with Gasteiger partial charge in [0.1, 0.15) is 11.5 Å². The molecule has 78 valence electrons. The van der Waals surface area contributed by atoms with E-state index in [9.17, 15) is 0 Å². The van der Waals surface area contributed by atoms with Crippen LogP contribution in [0.2, 0.25) is 0 Å². The third-order valence-corrected chi connectivity index (χ3v) is 2.08. The number of hydrogen-bond donors (Lipinski definition) is 0. The van der Waals surface area contributed by atoms with Crippen molar-refractivity contribution < 1.29 is 4.52 Å². The van der Waals surface area contributed by atoms with E-state index in [-0.39, 0.29) is 5.41 Å². The van der Waals surface area contributed by atoms with Gasteiger partial charge in [-0.3, -0.25) is 0 Å². The van der Waals surface area contributed by atoms with Crippen LogP contribution >= 0.6 is 0 Å². The van der Waals surface area contributed by atoms with Gasteiger partial charge in [0.15, 0.2) is 0 Å². The van der Waals surface area contributed by atoms with Crippen molar-refractivity contribution in [3.05, 3.63) is 24.1 Å². The van der Waals surface area contributed by atoms with Crippen molar-refractivity contribution in [2.45, 2.75) is 26.2 Å². The Kier molecular flexibility index (Phi) is 2.69. The Bertz CT molecular complexity index is 331. The van der Waals surface area contributed by atoms with Crippen molar-refractivity contribution in [1.82, 2.24) is 10.1 Å². The number of hydrogen-bond acceptors (Lipinski definition) is 3. The number of rotatable bonds is 2. The van der Waals surface area contributed by atoms with Crippen molar-refractivity contribution in [3.8, 4) is 0 Å². The van der Waals surface area contributed by atoms with Crippen LogP contribution in [0.15, 0.2) is 17.2 Å². The highest BCUT2D eigenvalue weighted by Gasteiger charge is 2.20. The maximum absolute atomic E-state index is 5.26. The maximum Gasteiger partial charge on any atom is 0.142 e. The molecule has 0 bridgehead atoms. The molecular weight excluding hydrogens is 176 g/mol. The summed E-state index contributed by atoms with van der Waals surface area (Å²) < 4.78 is 5.26. The molecule has 14 heavy (non-hydrogen) atoms. The average Bonchev–Trinajstić information content (AvgIpc) is 2.49. The second-order valence-electron chi connectivity index (χ2n) is 4.67. The standard InChI is InChI=1S/C11H18N2O/c1-8(13(5)6)9-7-10(14-12-9)11(2,3)4/h7H,1H2,2-6H3. The second-order valence-corrected chi connectivity index (χ2v) is 4.67. The van der Waals surface area contributed by atoms with E-state index in [0.29, 0.717) is 0 Å². The first-order chi connectivity index (χ1) is 6.32. The molecule has 1 rings (SSSR count). The highest BCUT2D eigenvalue weighted by Crippen LogP contribution is 2.25. The highest BCUT2D eigenvalue weighted by atomic mass is 16.5. The topological polar surface area (TPSA) is 29.3 Å². The summed E-state index contributed by atoms with van der Waals surface area (Å²) in [7, 11) is 3.88. The monoisotopic (exact) mass is 194 g/mol. The third-order valence-electron chi connectivity index (χ3n) is 2.08. The van der Waals surface area contributed by atoms with E-state index < -0.39 is 0 Å². The minimum absolute atomic E-state index is 0.00214. The quantitative estimate of drug-likeness (QED) is 0.724. The Morgan fingerprint density at radius 1 is 1.43 bits per heavy atom. The lowest BCUT2D eigenvalue weighted by atomic mass is 9.93. The third kappa shape index (κ3) is 2.16. The summed E-state index contributed by atoms with van der Waals surface area (Å²) in [5.74, 6) is 0.885. The lowest BCUT2D eigenvalue weighted by molar-refractivity contribution is 0.327. The first-order valence-electron chi connectivity index (χ1n) is 4.66. The van der Waals surface area contributed by atoms with Crippen LogP contribution in [-0.2, 0) is 5.41 Å². The second kappa shape index (κ2) is 3.48. The molecule has 0 atom stereocenters. The molecular formula is C11H18N2O. The van der Waals surface area contributed by atoms with Crippen LogP contribution in [0.25, 0.3) is 5.70 Å². The van der Waals surface area contributed by atoms with Gasteiger partial charge < -0.3 is 9.42 Å². The van der Waals surface area contributed by atoms with Crippen LogP contribution in [0.1, 0.15) is 32.2 Å². The largest absolute Gasteiger partial charge is 0.376 e. The van der Waals surface area contributed by atoms with Gasteiger partial charge in [-0.05, 0) is 0 Å². The first kappa shape index (κ1) is 10.8. The first-order valence-corrected chi connectivity index (χ1v) is 4.66. The molecule has 0 aliphatic rings. The molecule has 0 aromatic carbocycles. The molecule has 1 aromatic rings. The molecule has 0 saturated heterocycles. The van der Waals surface area contributed by atoms with Gasteiger partial charge in [-0.1, -0.05) is 32.5 Å². The van der Waals surface area contributed by atoms with Crippen molar-refractivity contribution in [2.75, 3.05) is 14.1 Å². The summed E-state index contributed by atoms with van der Waals surface area (Å²) in [6.45, 7) is 10.2. The lowest BCUT2D eigenvalue weighted by Gasteiger charge is -2.13. The predicted molar refractivity (Wildman–Crippen MR) is 57.9 cm³/mol. The van der Waals surface area contributed by atoms with E-state index in [1.54, 1.807) is 0 Å². The minimum atomic E-state index is -0.00214. The smallest absolute Gasteiger partial charge is 0.142 e. The van der Waals surface area contributed by atoms with Crippen LogP contribution in [0.4, 0.5) is 0 Å². The van der Waals surface area contributed by atoms with Crippen LogP contribution in [-0.4, -0.2) is 24.2 Å². The molecule has 0 aliphatic carbocycles. The Balaban J connectivity index is 2.95. The fourth-order valence-corrected chi connectivity index (χ4v) is 0.994. The van der Waals surface area contributed by atoms with Gasteiger partial charge in [0, 0.05) is 25.6 Å². The molecule has 0 N–H and O–H groups in total. The molecule has 1 aromatic heterocycles. The zero-order valence-electron chi connectivity index (χ0n) is 9.59. The molecule has 0 saturated carbocycles. The van der Waals surface area contributed by atoms with Gasteiger partial charge in [0.2, 0.25) is 0 Å². The van der Waals surface area contributed by atoms with E-state index in [1.807, 2.05) is 25.1 Å². The van der Waals surface area contributed by atoms with Crippen LogP contribution in [0.5, 0.6) is 0 Å². The minimum Gasteiger partial charge on any atom is -0.376 e. The maximum atomic E-state index is 5.26. The summed E-state index contributed by atoms with van der Waals surface area (Å²) in [5, 5.41) is 3.99. The number of nitrogens with zero attached hydrogens (tertiary/aromatic N) is 2. The molecule has 3 heteroatoms. The van der Waals surface area contributed by atoms with Gasteiger partial charge in [-0.2, -0.15) is 0 Å². The summed E-state index contributed by atoms with van der Waals surface area (Å²) in [6, 6.07) is 1.95. The zero-order chi connectivity index (χ0) is 10.9. The summed E-state index contributed by atoms with van der Waals surface area (Å²) in [5.41, 5.74) is 1.67. The molecule has 0 amide bonds. The Labute approximate surface area is 85.4 Å². The van der Waals surface area contributed by atoms with E-state index in [1.165, 1.54) is 0 Å². The van der Waals surface area contributed by atoms with Crippen molar-refractivity contribution in [3.63, 3.8) is 0 Å². The van der Waals surface area contributed by atoms with Crippen LogP contribution < -0.4 is 0 Å². The van der Waals surface area contributed by atoms with Crippen molar-refractivity contribution in [1.29, 1.82) is 0 Å². The summed E-state index contributed by atoms with van der Waals surface area (Å²) >= 11 is 0. The molecule has 0 spiro atoms. The predicted octanol–water partition coefficient (Wildman–Crippen LogP) is 2.50. The van der Waals surface area contributed by atoms with Gasteiger partial charge in [-0.25, -0.2) is 0 Å². The molecule has 1 heterocycles. The van der Waals surface area contributed by atoms with Crippen molar-refractivity contribution >= 4 is 5.70 Å². The van der Waals surface area contributed by atoms with Gasteiger partial charge in [0.25, 0.3) is 0 Å². The number of aromatic nitrogens is 1. The van der Waals surface area contributed by atoms with Gasteiger partial charge in [-0.15, -0.1) is 0 Å². The van der Waals surface area contributed by atoms with E-state index >= 15 is 0 Å². The Morgan fingerprint density at radius 2 is 2.00 bits per heavy atom. The normalized spacial score (nSPS) is 11.5. The SMILES string of the molecule is C=C(c1cc(C(C)(C)C)on1)N(C)C. The molecule has 0 fully saturated rings. The van der Waals surface area contributed by atoms with E-state index in [4.69, 9.17) is 4.52 Å². The molecule has 3 nitrogen and oxygen atoms in total. The van der Waals surface area contributed by atoms with Crippen LogP contribution in [0, 0.1) is 0 Å². The lowest BCUT2D eigenvalue weighted by Crippen LogP contribution is -2.10. The fraction of sp³-hybridized carbons (Fsp3) is 0.545. The Hall–Kier alpha value is -1.25. The van der Waals surface area contributed by atoms with E-state index in [2.05, 4.69) is 32.5 Å². The zero-order valence-corrected chi connectivity index (χ0v) is 9.59. The Morgan fingerprint density at radius 3 is 2.36 bits per heavy atom. The van der Waals surface area contributed by atoms with Gasteiger partial charge in [0.05, 0.1) is 5.70 Å². The fourth-order valence-electron chi connectivity index (χ4n) is 0.994. The summed E-state index contributed by atoms with van der Waals surface area (Å²) in [6.07, 6.45) is 0. The molecule has 0 unspecified atom stereocenters. The van der Waals surface area contributed by atoms with Gasteiger partial charge >= 0.3 is 0 Å². The molecule has 0 radical (unpaired) electrons. The highest BCUT2D eigenvalue weighted by molar-refractivity contribution is 5.57. The summed E-state index contributed by atoms with van der Waals surface area (Å²) in [4.78, 5) is 1.92. The molecule has 0 aliphatic heterocycles. The van der Waals surface area contributed by atoms with E-state index in [0.717, 1.165) is 17.2 Å². The average molecular weight is 194 g/mol. The van der Waals surface area contributed by atoms with Crippen LogP contribution in [0.3, 0.4) is 0 Å². The van der Waals surface area contributed by atoms with Crippen molar-refractivity contribution in [2.24, 2.45) is 0 Å².